The molecule has 0 fully saturated rings. The average molecular weight is 597 g/mol. The van der Waals surface area contributed by atoms with Gasteiger partial charge in [0.1, 0.15) is 11.5 Å². The van der Waals surface area contributed by atoms with Gasteiger partial charge >= 0.3 is 5.97 Å². The van der Waals surface area contributed by atoms with Gasteiger partial charge in [-0.25, -0.2) is 0 Å². The maximum absolute atomic E-state index is 14.1. The topological polar surface area (TPSA) is 125 Å². The molecule has 4 aromatic carbocycles. The van der Waals surface area contributed by atoms with Gasteiger partial charge in [-0.2, -0.15) is 0 Å². The highest BCUT2D eigenvalue weighted by Crippen LogP contribution is 2.29. The smallest absolute Gasteiger partial charge is 0.305 e. The molecule has 0 heterocycles. The van der Waals surface area contributed by atoms with Crippen molar-refractivity contribution in [1.82, 2.24) is 10.2 Å². The van der Waals surface area contributed by atoms with Gasteiger partial charge in [-0.15, -0.1) is 0 Å². The standard InChI is InChI=1S/C35H36N2O7/c1-43-26-20-24(21-27(22-26)44-2)16-18-37(19-17-33(39)40)35(42)31-15-9-7-13-29(31)28-12-6-8-14-30(28)34(41)36-32(23-38)25-10-4-3-5-11-25/h3-15,20-22,32,38H,16-19,23H2,1-2H3,(H,36,41)(H,39,40)/t32-/m0/s1. The number of amides is 2. The molecule has 4 aromatic rings. The van der Waals surface area contributed by atoms with Crippen molar-refractivity contribution < 1.29 is 34.1 Å². The zero-order valence-electron chi connectivity index (χ0n) is 24.7. The van der Waals surface area contributed by atoms with Gasteiger partial charge in [0.05, 0.1) is 33.3 Å². The van der Waals surface area contributed by atoms with Gasteiger partial charge in [0.25, 0.3) is 11.8 Å². The number of hydrogen-bond acceptors (Lipinski definition) is 6. The number of aliphatic carboxylic acids is 1. The predicted molar refractivity (Wildman–Crippen MR) is 167 cm³/mol. The van der Waals surface area contributed by atoms with Crippen LogP contribution in [0.3, 0.4) is 0 Å². The van der Waals surface area contributed by atoms with E-state index >= 15 is 0 Å². The maximum Gasteiger partial charge on any atom is 0.305 e. The van der Waals surface area contributed by atoms with Crippen LogP contribution in [0.5, 0.6) is 11.5 Å². The Kier molecular flexibility index (Phi) is 11.1. The number of carboxylic acids is 1. The lowest BCUT2D eigenvalue weighted by atomic mass is 9.94. The Balaban J connectivity index is 1.64. The van der Waals surface area contributed by atoms with E-state index in [0.29, 0.717) is 40.2 Å². The number of carbonyl (C=O) groups excluding carboxylic acids is 2. The molecule has 2 amide bonds. The van der Waals surface area contributed by atoms with Gasteiger partial charge in [-0.3, -0.25) is 14.4 Å². The van der Waals surface area contributed by atoms with E-state index in [2.05, 4.69) is 5.32 Å². The fraction of sp³-hybridized carbons (Fsp3) is 0.229. The molecule has 4 rings (SSSR count). The quantitative estimate of drug-likeness (QED) is 0.187. The number of nitrogens with zero attached hydrogens (tertiary/aromatic N) is 1. The van der Waals surface area contributed by atoms with Crippen LogP contribution >= 0.6 is 0 Å². The van der Waals surface area contributed by atoms with E-state index in [-0.39, 0.29) is 32.0 Å². The third-order valence-electron chi connectivity index (χ3n) is 7.27. The highest BCUT2D eigenvalue weighted by Gasteiger charge is 2.24. The summed E-state index contributed by atoms with van der Waals surface area (Å²) in [7, 11) is 3.11. The number of hydrogen-bond donors (Lipinski definition) is 3. The molecular formula is C35H36N2O7. The molecular weight excluding hydrogens is 560 g/mol. The molecule has 3 N–H and O–H groups in total. The highest BCUT2D eigenvalue weighted by molar-refractivity contribution is 6.06. The Morgan fingerprint density at radius 2 is 1.34 bits per heavy atom. The first-order valence-corrected chi connectivity index (χ1v) is 14.2. The minimum absolute atomic E-state index is 0.000985. The van der Waals surface area contributed by atoms with Gasteiger partial charge in [-0.1, -0.05) is 66.7 Å². The number of aliphatic hydroxyl groups excluding tert-OH is 1. The van der Waals surface area contributed by atoms with Crippen molar-refractivity contribution in [3.8, 4) is 22.6 Å². The third-order valence-corrected chi connectivity index (χ3v) is 7.27. The van der Waals surface area contributed by atoms with Crippen LogP contribution in [0.25, 0.3) is 11.1 Å². The SMILES string of the molecule is COc1cc(CCN(CCC(=O)O)C(=O)c2ccccc2-c2ccccc2C(=O)N[C@@H](CO)c2ccccc2)cc(OC)c1. The van der Waals surface area contributed by atoms with Gasteiger partial charge in [-0.05, 0) is 52.9 Å². The van der Waals surface area contributed by atoms with E-state index in [9.17, 15) is 24.6 Å². The van der Waals surface area contributed by atoms with E-state index in [4.69, 9.17) is 9.47 Å². The molecule has 0 saturated carbocycles. The van der Waals surface area contributed by atoms with E-state index in [1.165, 1.54) is 4.90 Å². The zero-order chi connectivity index (χ0) is 31.5. The fourth-order valence-corrected chi connectivity index (χ4v) is 4.97. The Morgan fingerprint density at radius 1 is 0.773 bits per heavy atom. The number of nitrogens with one attached hydrogen (secondary N) is 1. The van der Waals surface area contributed by atoms with Gasteiger partial charge in [0, 0.05) is 30.3 Å². The Hall–Kier alpha value is -5.15. The number of carboxylic acid groups (broad SMARTS) is 1. The molecule has 0 radical (unpaired) electrons. The van der Waals surface area contributed by atoms with Crippen LogP contribution < -0.4 is 14.8 Å². The van der Waals surface area contributed by atoms with Crippen LogP contribution in [-0.4, -0.2) is 66.8 Å². The van der Waals surface area contributed by atoms with E-state index < -0.39 is 17.9 Å². The number of methoxy groups -OCH3 is 2. The number of benzene rings is 4. The molecule has 0 spiro atoms. The summed E-state index contributed by atoms with van der Waals surface area (Å²) in [5, 5.41) is 22.3. The third kappa shape index (κ3) is 8.02. The van der Waals surface area contributed by atoms with Crippen molar-refractivity contribution in [2.24, 2.45) is 0 Å². The van der Waals surface area contributed by atoms with Crippen molar-refractivity contribution in [1.29, 1.82) is 0 Å². The summed E-state index contributed by atoms with van der Waals surface area (Å²) in [6.07, 6.45) is 0.207. The minimum atomic E-state index is -1.02. The first-order chi connectivity index (χ1) is 21.3. The molecule has 228 valence electrons. The molecule has 9 nitrogen and oxygen atoms in total. The lowest BCUT2D eigenvalue weighted by Gasteiger charge is -2.24. The number of aliphatic hydroxyl groups is 1. The van der Waals surface area contributed by atoms with Crippen molar-refractivity contribution >= 4 is 17.8 Å². The molecule has 9 heteroatoms. The first-order valence-electron chi connectivity index (χ1n) is 14.2. The van der Waals surface area contributed by atoms with Crippen LogP contribution in [0.4, 0.5) is 0 Å². The second-order valence-corrected chi connectivity index (χ2v) is 10.1. The Morgan fingerprint density at radius 3 is 1.93 bits per heavy atom. The lowest BCUT2D eigenvalue weighted by Crippen LogP contribution is -2.35. The van der Waals surface area contributed by atoms with Crippen molar-refractivity contribution in [2.45, 2.75) is 18.9 Å². The summed E-state index contributed by atoms with van der Waals surface area (Å²) >= 11 is 0. The number of ether oxygens (including phenoxy) is 2. The first kappa shape index (κ1) is 31.8. The summed E-state index contributed by atoms with van der Waals surface area (Å²) in [4.78, 5) is 40.6. The summed E-state index contributed by atoms with van der Waals surface area (Å²) < 4.78 is 10.7. The predicted octanol–water partition coefficient (Wildman–Crippen LogP) is 4.99. The average Bonchev–Trinajstić information content (AvgIpc) is 3.06. The Labute approximate surface area is 256 Å². The monoisotopic (exact) mass is 596 g/mol. The normalized spacial score (nSPS) is 11.3. The molecule has 0 aliphatic rings. The molecule has 0 unspecified atom stereocenters. The number of carbonyl (C=O) groups is 3. The second kappa shape index (κ2) is 15.4. The molecule has 0 aliphatic heterocycles. The van der Waals surface area contributed by atoms with Crippen LogP contribution in [0.1, 0.15) is 44.3 Å². The van der Waals surface area contributed by atoms with Crippen LogP contribution in [0, 0.1) is 0 Å². The molecule has 0 bridgehead atoms. The molecule has 44 heavy (non-hydrogen) atoms. The van der Waals surface area contributed by atoms with Gasteiger partial charge < -0.3 is 29.9 Å². The van der Waals surface area contributed by atoms with Crippen molar-refractivity contribution in [3.63, 3.8) is 0 Å². The molecule has 1 atom stereocenters. The van der Waals surface area contributed by atoms with Gasteiger partial charge in [0.2, 0.25) is 0 Å². The Bertz CT molecular complexity index is 1570. The van der Waals surface area contributed by atoms with Crippen molar-refractivity contribution in [3.05, 3.63) is 119 Å². The molecule has 0 saturated heterocycles. The van der Waals surface area contributed by atoms with E-state index in [0.717, 1.165) is 11.1 Å². The van der Waals surface area contributed by atoms with Crippen LogP contribution in [-0.2, 0) is 11.2 Å². The van der Waals surface area contributed by atoms with Crippen LogP contribution in [0.2, 0.25) is 0 Å². The van der Waals surface area contributed by atoms with Crippen LogP contribution in [0.15, 0.2) is 97.1 Å². The summed E-state index contributed by atoms with van der Waals surface area (Å²) in [5.74, 6) is -0.555. The van der Waals surface area contributed by atoms with Gasteiger partial charge in [0.15, 0.2) is 0 Å². The second-order valence-electron chi connectivity index (χ2n) is 10.1. The molecule has 0 aliphatic carbocycles. The highest BCUT2D eigenvalue weighted by atomic mass is 16.5. The maximum atomic E-state index is 14.1. The summed E-state index contributed by atoms with van der Waals surface area (Å²) in [6, 6.07) is 27.9. The summed E-state index contributed by atoms with van der Waals surface area (Å²) in [6.45, 7) is -0.0418. The lowest BCUT2D eigenvalue weighted by molar-refractivity contribution is -0.137. The van der Waals surface area contributed by atoms with E-state index in [1.807, 2.05) is 42.5 Å². The van der Waals surface area contributed by atoms with Crippen molar-refractivity contribution in [2.75, 3.05) is 33.9 Å². The number of rotatable bonds is 14. The summed E-state index contributed by atoms with van der Waals surface area (Å²) in [5.41, 5.74) is 3.37. The zero-order valence-corrected chi connectivity index (χ0v) is 24.7. The van der Waals surface area contributed by atoms with E-state index in [1.54, 1.807) is 68.8 Å². The minimum Gasteiger partial charge on any atom is -0.497 e. The largest absolute Gasteiger partial charge is 0.497 e. The molecule has 0 aromatic heterocycles. The fourth-order valence-electron chi connectivity index (χ4n) is 4.97.